The number of anilines is 2. The van der Waals surface area contributed by atoms with Crippen LogP contribution in [-0.2, 0) is 4.79 Å². The summed E-state index contributed by atoms with van der Waals surface area (Å²) in [5.74, 6) is -0.0924. The topological polar surface area (TPSA) is 77.5 Å². The first-order valence-corrected chi connectivity index (χ1v) is 8.88. The van der Waals surface area contributed by atoms with Gasteiger partial charge in [-0.3, -0.25) is 4.79 Å². The van der Waals surface area contributed by atoms with Crippen LogP contribution in [0.1, 0.15) is 19.3 Å². The minimum atomic E-state index is -0.433. The Morgan fingerprint density at radius 2 is 2.08 bits per heavy atom. The van der Waals surface area contributed by atoms with Gasteiger partial charge in [-0.1, -0.05) is 11.3 Å². The molecular weight excluding hydrogens is 383 g/mol. The third-order valence-corrected chi connectivity index (χ3v) is 5.52. The van der Waals surface area contributed by atoms with E-state index in [2.05, 4.69) is 20.5 Å². The van der Waals surface area contributed by atoms with Gasteiger partial charge >= 0.3 is 0 Å². The van der Waals surface area contributed by atoms with Gasteiger partial charge in [0.25, 0.3) is 0 Å². The van der Waals surface area contributed by atoms with E-state index in [4.69, 9.17) is 0 Å². The van der Waals surface area contributed by atoms with E-state index in [-0.39, 0.29) is 36.8 Å². The van der Waals surface area contributed by atoms with E-state index in [1.165, 1.54) is 12.8 Å². The van der Waals surface area contributed by atoms with Crippen molar-refractivity contribution in [1.82, 2.24) is 10.3 Å². The molecule has 3 N–H and O–H groups in total. The molecule has 2 atom stereocenters. The van der Waals surface area contributed by atoms with Crippen LogP contribution in [0.15, 0.2) is 18.2 Å². The van der Waals surface area contributed by atoms with Crippen LogP contribution in [0, 0.1) is 0 Å². The Kier molecular flexibility index (Phi) is 6.87. The number of carbonyl (C=O) groups is 1. The van der Waals surface area contributed by atoms with Gasteiger partial charge in [0.2, 0.25) is 5.91 Å². The number of hydrogen-bond donors (Lipinski definition) is 3. The molecule has 2 unspecified atom stereocenters. The van der Waals surface area contributed by atoms with E-state index in [1.807, 2.05) is 18.2 Å². The molecule has 9 heteroatoms. The number of nitrogens with zero attached hydrogens (tertiary/aromatic N) is 2. The fourth-order valence-electron chi connectivity index (χ4n) is 3.18. The summed E-state index contributed by atoms with van der Waals surface area (Å²) in [7, 11) is 0. The Morgan fingerprint density at radius 3 is 2.76 bits per heavy atom. The molecule has 1 aromatic heterocycles. The van der Waals surface area contributed by atoms with Gasteiger partial charge in [-0.25, -0.2) is 4.98 Å². The lowest BCUT2D eigenvalue weighted by Gasteiger charge is -2.11. The van der Waals surface area contributed by atoms with Gasteiger partial charge in [-0.15, -0.1) is 24.8 Å². The van der Waals surface area contributed by atoms with Gasteiger partial charge in [0, 0.05) is 25.3 Å². The number of aromatic nitrogens is 1. The van der Waals surface area contributed by atoms with Crippen LogP contribution in [0.2, 0.25) is 0 Å². The maximum Gasteiger partial charge on any atom is 0.241 e. The summed E-state index contributed by atoms with van der Waals surface area (Å²) in [6.07, 6.45) is 2.50. The smallest absolute Gasteiger partial charge is 0.241 e. The fraction of sp³-hybridized carbons (Fsp3) is 0.500. The molecule has 0 aliphatic carbocycles. The van der Waals surface area contributed by atoms with E-state index in [0.29, 0.717) is 13.0 Å². The number of halogens is 2. The Labute approximate surface area is 162 Å². The number of benzene rings is 1. The molecule has 2 aliphatic rings. The zero-order valence-electron chi connectivity index (χ0n) is 13.6. The molecule has 0 bridgehead atoms. The van der Waals surface area contributed by atoms with Crippen LogP contribution in [0.5, 0.6) is 0 Å². The van der Waals surface area contributed by atoms with E-state index in [9.17, 15) is 9.90 Å². The maximum absolute atomic E-state index is 12.2. The number of rotatable bonds is 3. The first-order chi connectivity index (χ1) is 11.2. The summed E-state index contributed by atoms with van der Waals surface area (Å²) in [6, 6.07) is 5.51. The molecule has 2 fully saturated rings. The van der Waals surface area contributed by atoms with Gasteiger partial charge in [0.1, 0.15) is 0 Å². The van der Waals surface area contributed by atoms with Crippen molar-refractivity contribution in [2.75, 3.05) is 29.9 Å². The highest BCUT2D eigenvalue weighted by molar-refractivity contribution is 7.22. The third kappa shape index (κ3) is 4.35. The predicted octanol–water partition coefficient (Wildman–Crippen LogP) is 2.40. The Morgan fingerprint density at radius 1 is 1.32 bits per heavy atom. The zero-order chi connectivity index (χ0) is 15.8. The Balaban J connectivity index is 0.00000113. The summed E-state index contributed by atoms with van der Waals surface area (Å²) in [4.78, 5) is 19.2. The molecule has 2 aromatic rings. The molecule has 4 rings (SSSR count). The number of amides is 1. The van der Waals surface area contributed by atoms with Crippen LogP contribution in [0.25, 0.3) is 10.2 Å². The van der Waals surface area contributed by atoms with Gasteiger partial charge in [0.15, 0.2) is 5.13 Å². The monoisotopic (exact) mass is 404 g/mol. The lowest BCUT2D eigenvalue weighted by atomic mass is 10.2. The van der Waals surface area contributed by atoms with Crippen LogP contribution >= 0.6 is 36.2 Å². The van der Waals surface area contributed by atoms with Crippen molar-refractivity contribution in [3.8, 4) is 0 Å². The lowest BCUT2D eigenvalue weighted by molar-refractivity contribution is -0.117. The van der Waals surface area contributed by atoms with Crippen LogP contribution in [0.3, 0.4) is 0 Å². The first kappa shape index (κ1) is 20.2. The molecule has 138 valence electrons. The van der Waals surface area contributed by atoms with E-state index >= 15 is 0 Å². The number of β-amino-alcohol motifs (C(OH)–C–C–N with tert-alkyl or cyclic N) is 1. The van der Waals surface area contributed by atoms with E-state index in [1.54, 1.807) is 11.3 Å². The quantitative estimate of drug-likeness (QED) is 0.731. The van der Waals surface area contributed by atoms with Crippen molar-refractivity contribution >= 4 is 63.1 Å². The lowest BCUT2D eigenvalue weighted by Crippen LogP contribution is -2.35. The molecule has 1 amide bonds. The molecular formula is C16H22Cl2N4O2S. The molecule has 0 saturated carbocycles. The second kappa shape index (κ2) is 8.51. The van der Waals surface area contributed by atoms with Gasteiger partial charge < -0.3 is 20.6 Å². The van der Waals surface area contributed by atoms with E-state index in [0.717, 1.165) is 34.1 Å². The molecule has 3 heterocycles. The number of aliphatic hydroxyl groups excluding tert-OH is 1. The minimum Gasteiger partial charge on any atom is -0.392 e. The molecule has 2 aliphatic heterocycles. The highest BCUT2D eigenvalue weighted by Crippen LogP contribution is 2.32. The summed E-state index contributed by atoms with van der Waals surface area (Å²) in [5, 5.41) is 16.5. The summed E-state index contributed by atoms with van der Waals surface area (Å²) < 4.78 is 1.09. The van der Waals surface area contributed by atoms with Crippen molar-refractivity contribution in [2.24, 2.45) is 0 Å². The second-order valence-electron chi connectivity index (χ2n) is 6.21. The van der Waals surface area contributed by atoms with Crippen LogP contribution < -0.4 is 15.5 Å². The Hall–Kier alpha value is -1.12. The molecule has 2 saturated heterocycles. The number of nitrogens with one attached hydrogen (secondary N) is 2. The SMILES string of the molecule is Cl.Cl.O=C(Nc1ccc2nc(N3CCCC3)sc2c1)C1CC(O)CN1. The molecule has 6 nitrogen and oxygen atoms in total. The molecule has 1 aromatic carbocycles. The Bertz CT molecular complexity index is 736. The van der Waals surface area contributed by atoms with Gasteiger partial charge in [-0.05, 0) is 37.5 Å². The predicted molar refractivity (Wildman–Crippen MR) is 107 cm³/mol. The standard InChI is InChI=1S/C16H20N4O2S.2ClH/c21-11-8-13(17-9-11)15(22)18-10-3-4-12-14(7-10)23-16(19-12)20-5-1-2-6-20;;/h3-4,7,11,13,17,21H,1-2,5-6,8-9H2,(H,18,22);2*1H. The number of fused-ring (bicyclic) bond motifs is 1. The highest BCUT2D eigenvalue weighted by atomic mass is 35.5. The number of hydrogen-bond acceptors (Lipinski definition) is 6. The zero-order valence-corrected chi connectivity index (χ0v) is 16.1. The minimum absolute atomic E-state index is 0. The fourth-order valence-corrected chi connectivity index (χ4v) is 4.24. The van der Waals surface area contributed by atoms with Crippen molar-refractivity contribution < 1.29 is 9.90 Å². The average Bonchev–Trinajstić information content (AvgIpc) is 3.26. The van der Waals surface area contributed by atoms with Crippen LogP contribution in [-0.4, -0.2) is 47.8 Å². The van der Waals surface area contributed by atoms with Crippen molar-refractivity contribution in [3.63, 3.8) is 0 Å². The van der Waals surface area contributed by atoms with Gasteiger partial charge in [-0.2, -0.15) is 0 Å². The van der Waals surface area contributed by atoms with Crippen LogP contribution in [0.4, 0.5) is 10.8 Å². The van der Waals surface area contributed by atoms with Crippen molar-refractivity contribution in [1.29, 1.82) is 0 Å². The van der Waals surface area contributed by atoms with Crippen molar-refractivity contribution in [3.05, 3.63) is 18.2 Å². The normalized spacial score (nSPS) is 22.5. The second-order valence-corrected chi connectivity index (χ2v) is 7.22. The summed E-state index contributed by atoms with van der Waals surface area (Å²) in [6.45, 7) is 2.64. The number of carbonyl (C=O) groups excluding carboxylic acids is 1. The first-order valence-electron chi connectivity index (χ1n) is 8.07. The van der Waals surface area contributed by atoms with Crippen molar-refractivity contribution in [2.45, 2.75) is 31.4 Å². The van der Waals surface area contributed by atoms with E-state index < -0.39 is 6.10 Å². The number of aliphatic hydroxyl groups is 1. The molecule has 0 radical (unpaired) electrons. The maximum atomic E-state index is 12.2. The third-order valence-electron chi connectivity index (χ3n) is 4.45. The molecule has 25 heavy (non-hydrogen) atoms. The largest absolute Gasteiger partial charge is 0.392 e. The average molecular weight is 405 g/mol. The molecule has 0 spiro atoms. The highest BCUT2D eigenvalue weighted by Gasteiger charge is 2.28. The summed E-state index contributed by atoms with van der Waals surface area (Å²) >= 11 is 1.68. The van der Waals surface area contributed by atoms with Gasteiger partial charge in [0.05, 0.1) is 22.4 Å². The number of thiazole rings is 1. The summed E-state index contributed by atoms with van der Waals surface area (Å²) in [5.41, 5.74) is 1.76.